The van der Waals surface area contributed by atoms with Crippen LogP contribution in [0.3, 0.4) is 0 Å². The van der Waals surface area contributed by atoms with Crippen molar-refractivity contribution in [1.82, 2.24) is 15.0 Å². The third-order valence-corrected chi connectivity index (χ3v) is 3.95. The third kappa shape index (κ3) is 5.31. The maximum absolute atomic E-state index is 6.22. The van der Waals surface area contributed by atoms with Gasteiger partial charge < -0.3 is 21.1 Å². The Hall–Kier alpha value is -3.35. The Morgan fingerprint density at radius 1 is 1.07 bits per heavy atom. The first kappa shape index (κ1) is 18.4. The van der Waals surface area contributed by atoms with Gasteiger partial charge >= 0.3 is 0 Å². The summed E-state index contributed by atoms with van der Waals surface area (Å²) in [6.45, 7) is 3.45. The first-order chi connectivity index (χ1) is 13.3. The molecule has 3 rings (SSSR count). The standard InChI is InChI=1S/C20H24N6O/c1-2-3-11-27-17-8-6-16(7-9-17)26-20-18(21)19(24-14-25-20)23-13-15-5-4-10-22-12-15/h4-10,12,14H,2-3,11,13,21H2,1H3,(H2,23,24,25,26). The molecule has 7 nitrogen and oxygen atoms in total. The smallest absolute Gasteiger partial charge is 0.159 e. The van der Waals surface area contributed by atoms with Gasteiger partial charge in [-0.15, -0.1) is 0 Å². The lowest BCUT2D eigenvalue weighted by atomic mass is 10.3. The van der Waals surface area contributed by atoms with E-state index in [-0.39, 0.29) is 0 Å². The topological polar surface area (TPSA) is 98.0 Å². The second kappa shape index (κ2) is 9.38. The predicted molar refractivity (Wildman–Crippen MR) is 108 cm³/mol. The molecule has 0 aliphatic carbocycles. The predicted octanol–water partition coefficient (Wildman–Crippen LogP) is 3.99. The van der Waals surface area contributed by atoms with Gasteiger partial charge in [0.25, 0.3) is 0 Å². The number of ether oxygens (including phenoxy) is 1. The number of nitrogens with zero attached hydrogens (tertiary/aromatic N) is 3. The van der Waals surface area contributed by atoms with Crippen molar-refractivity contribution < 1.29 is 4.74 Å². The summed E-state index contributed by atoms with van der Waals surface area (Å²) < 4.78 is 5.68. The number of nitrogens with one attached hydrogen (secondary N) is 2. The number of anilines is 4. The fraction of sp³-hybridized carbons (Fsp3) is 0.250. The second-order valence-electron chi connectivity index (χ2n) is 6.05. The molecular weight excluding hydrogens is 340 g/mol. The summed E-state index contributed by atoms with van der Waals surface area (Å²) >= 11 is 0. The number of pyridine rings is 1. The van der Waals surface area contributed by atoms with Gasteiger partial charge in [0.2, 0.25) is 0 Å². The summed E-state index contributed by atoms with van der Waals surface area (Å²) in [7, 11) is 0. The zero-order valence-corrected chi connectivity index (χ0v) is 15.4. The number of nitrogen functional groups attached to an aromatic ring is 1. The summed E-state index contributed by atoms with van der Waals surface area (Å²) in [6, 6.07) is 11.6. The number of hydrogen-bond donors (Lipinski definition) is 3. The van der Waals surface area contributed by atoms with E-state index in [2.05, 4.69) is 32.5 Å². The number of benzene rings is 1. The molecule has 0 spiro atoms. The average molecular weight is 364 g/mol. The lowest BCUT2D eigenvalue weighted by Gasteiger charge is -2.13. The van der Waals surface area contributed by atoms with E-state index in [4.69, 9.17) is 10.5 Å². The van der Waals surface area contributed by atoms with Crippen molar-refractivity contribution in [1.29, 1.82) is 0 Å². The van der Waals surface area contributed by atoms with Gasteiger partial charge in [-0.05, 0) is 42.3 Å². The van der Waals surface area contributed by atoms with Crippen molar-refractivity contribution in [2.75, 3.05) is 23.0 Å². The molecule has 0 bridgehead atoms. The van der Waals surface area contributed by atoms with Crippen molar-refractivity contribution in [2.45, 2.75) is 26.3 Å². The summed E-state index contributed by atoms with van der Waals surface area (Å²) in [5.74, 6) is 1.98. The molecule has 0 radical (unpaired) electrons. The highest BCUT2D eigenvalue weighted by Crippen LogP contribution is 2.27. The van der Waals surface area contributed by atoms with Crippen LogP contribution in [0.15, 0.2) is 55.1 Å². The molecule has 0 aliphatic heterocycles. The minimum Gasteiger partial charge on any atom is -0.494 e. The number of aromatic nitrogens is 3. The van der Waals surface area contributed by atoms with Crippen LogP contribution in [0.2, 0.25) is 0 Å². The number of hydrogen-bond acceptors (Lipinski definition) is 7. The number of rotatable bonds is 9. The van der Waals surface area contributed by atoms with E-state index in [0.29, 0.717) is 23.9 Å². The van der Waals surface area contributed by atoms with Gasteiger partial charge in [0.05, 0.1) is 6.61 Å². The van der Waals surface area contributed by atoms with Gasteiger partial charge in [0.15, 0.2) is 11.6 Å². The van der Waals surface area contributed by atoms with E-state index in [1.165, 1.54) is 6.33 Å². The molecular formula is C20H24N6O. The van der Waals surface area contributed by atoms with Crippen LogP contribution in [0.25, 0.3) is 0 Å². The lowest BCUT2D eigenvalue weighted by Crippen LogP contribution is -2.08. The van der Waals surface area contributed by atoms with Crippen LogP contribution in [-0.4, -0.2) is 21.6 Å². The highest BCUT2D eigenvalue weighted by atomic mass is 16.5. The Morgan fingerprint density at radius 2 is 1.89 bits per heavy atom. The average Bonchev–Trinajstić information content (AvgIpc) is 2.71. The summed E-state index contributed by atoms with van der Waals surface area (Å²) in [5.41, 5.74) is 8.60. The van der Waals surface area contributed by atoms with Gasteiger partial charge in [0, 0.05) is 24.6 Å². The van der Waals surface area contributed by atoms with E-state index in [9.17, 15) is 0 Å². The van der Waals surface area contributed by atoms with Crippen molar-refractivity contribution in [2.24, 2.45) is 0 Å². The molecule has 0 atom stereocenters. The molecule has 0 aliphatic rings. The third-order valence-electron chi connectivity index (χ3n) is 3.95. The number of unbranched alkanes of at least 4 members (excludes halogenated alkanes) is 1. The Labute approximate surface area is 159 Å². The van der Waals surface area contributed by atoms with Crippen molar-refractivity contribution >= 4 is 23.0 Å². The zero-order chi connectivity index (χ0) is 18.9. The Kier molecular flexibility index (Phi) is 6.40. The molecule has 4 N–H and O–H groups in total. The molecule has 0 saturated carbocycles. The summed E-state index contributed by atoms with van der Waals surface area (Å²) in [4.78, 5) is 12.6. The highest BCUT2D eigenvalue weighted by Gasteiger charge is 2.08. The molecule has 0 unspecified atom stereocenters. The van der Waals surface area contributed by atoms with E-state index < -0.39 is 0 Å². The molecule has 0 fully saturated rings. The monoisotopic (exact) mass is 364 g/mol. The molecule has 7 heteroatoms. The SMILES string of the molecule is CCCCOc1ccc(Nc2ncnc(NCc3cccnc3)c2N)cc1. The lowest BCUT2D eigenvalue weighted by molar-refractivity contribution is 0.309. The summed E-state index contributed by atoms with van der Waals surface area (Å²) in [5, 5.41) is 6.44. The fourth-order valence-electron chi connectivity index (χ4n) is 2.43. The second-order valence-corrected chi connectivity index (χ2v) is 6.05. The van der Waals surface area contributed by atoms with E-state index in [1.54, 1.807) is 12.4 Å². The minimum absolute atomic E-state index is 0.463. The minimum atomic E-state index is 0.463. The van der Waals surface area contributed by atoms with Crippen LogP contribution in [0.4, 0.5) is 23.0 Å². The fourth-order valence-corrected chi connectivity index (χ4v) is 2.43. The van der Waals surface area contributed by atoms with Gasteiger partial charge in [-0.1, -0.05) is 19.4 Å². The van der Waals surface area contributed by atoms with E-state index in [0.717, 1.165) is 36.4 Å². The Morgan fingerprint density at radius 3 is 2.63 bits per heavy atom. The van der Waals surface area contributed by atoms with Crippen LogP contribution < -0.4 is 21.1 Å². The zero-order valence-electron chi connectivity index (χ0n) is 15.4. The van der Waals surface area contributed by atoms with E-state index >= 15 is 0 Å². The molecule has 2 aromatic heterocycles. The maximum atomic E-state index is 6.22. The van der Waals surface area contributed by atoms with Crippen molar-refractivity contribution in [3.05, 3.63) is 60.7 Å². The normalized spacial score (nSPS) is 10.4. The van der Waals surface area contributed by atoms with Gasteiger partial charge in [0.1, 0.15) is 17.8 Å². The first-order valence-electron chi connectivity index (χ1n) is 8.99. The van der Waals surface area contributed by atoms with Crippen LogP contribution in [-0.2, 0) is 6.54 Å². The van der Waals surface area contributed by atoms with Crippen molar-refractivity contribution in [3.63, 3.8) is 0 Å². The van der Waals surface area contributed by atoms with Crippen LogP contribution in [0.5, 0.6) is 5.75 Å². The maximum Gasteiger partial charge on any atom is 0.159 e. The van der Waals surface area contributed by atoms with Gasteiger partial charge in [-0.3, -0.25) is 4.98 Å². The Bertz CT molecular complexity index is 839. The first-order valence-corrected chi connectivity index (χ1v) is 8.99. The molecule has 2 heterocycles. The van der Waals surface area contributed by atoms with Crippen LogP contribution >= 0.6 is 0 Å². The largest absolute Gasteiger partial charge is 0.494 e. The van der Waals surface area contributed by atoms with Gasteiger partial charge in [-0.25, -0.2) is 9.97 Å². The number of nitrogens with two attached hydrogens (primary N) is 1. The molecule has 0 amide bonds. The molecule has 140 valence electrons. The summed E-state index contributed by atoms with van der Waals surface area (Å²) in [6.07, 6.45) is 7.18. The van der Waals surface area contributed by atoms with Crippen LogP contribution in [0.1, 0.15) is 25.3 Å². The molecule has 3 aromatic rings. The molecule has 27 heavy (non-hydrogen) atoms. The van der Waals surface area contributed by atoms with Crippen molar-refractivity contribution in [3.8, 4) is 5.75 Å². The van der Waals surface area contributed by atoms with Crippen LogP contribution in [0, 0.1) is 0 Å². The molecule has 1 aromatic carbocycles. The highest BCUT2D eigenvalue weighted by molar-refractivity contribution is 5.77. The van der Waals surface area contributed by atoms with Gasteiger partial charge in [-0.2, -0.15) is 0 Å². The van der Waals surface area contributed by atoms with E-state index in [1.807, 2.05) is 36.4 Å². The Balaban J connectivity index is 1.63. The molecule has 0 saturated heterocycles. The quantitative estimate of drug-likeness (QED) is 0.494.